The summed E-state index contributed by atoms with van der Waals surface area (Å²) < 4.78 is 4.29. The van der Waals surface area contributed by atoms with Gasteiger partial charge in [-0.05, 0) is 35.9 Å². The monoisotopic (exact) mass is 534 g/mol. The molecule has 0 unspecified atom stereocenters. The van der Waals surface area contributed by atoms with E-state index in [2.05, 4.69) is 69.8 Å². The third-order valence-corrected chi connectivity index (χ3v) is 8.20. The quantitative estimate of drug-likeness (QED) is 0.227. The lowest BCUT2D eigenvalue weighted by Gasteiger charge is -2.21. The normalized spacial score (nSPS) is 11.3. The number of nitriles is 2. The summed E-state index contributed by atoms with van der Waals surface area (Å²) in [6.07, 6.45) is 0. The van der Waals surface area contributed by atoms with Crippen molar-refractivity contribution in [1.29, 1.82) is 10.5 Å². The van der Waals surface area contributed by atoms with Crippen LogP contribution in [0.3, 0.4) is 0 Å². The van der Waals surface area contributed by atoms with Crippen molar-refractivity contribution in [1.82, 2.24) is 9.13 Å². The molecular weight excluding hydrogens is 512 g/mol. The molecule has 2 heterocycles. The fourth-order valence-corrected chi connectivity index (χ4v) is 6.48. The maximum absolute atomic E-state index is 11.1. The highest BCUT2D eigenvalue weighted by molar-refractivity contribution is 6.12. The molecule has 0 aliphatic heterocycles. The predicted octanol–water partition coefficient (Wildman–Crippen LogP) is 9.29. The second kappa shape index (κ2) is 9.24. The maximum atomic E-state index is 11.1. The van der Waals surface area contributed by atoms with Gasteiger partial charge in [-0.1, -0.05) is 103 Å². The third kappa shape index (κ3) is 3.27. The zero-order valence-electron chi connectivity index (χ0n) is 22.5. The molecule has 0 amide bonds. The first-order chi connectivity index (χ1) is 20.8. The molecule has 0 saturated carbocycles. The second-order valence-corrected chi connectivity index (χ2v) is 10.4. The highest BCUT2D eigenvalue weighted by Gasteiger charge is 2.26. The molecule has 0 atom stereocenters. The fourth-order valence-electron chi connectivity index (χ4n) is 6.48. The van der Waals surface area contributed by atoms with Crippen molar-refractivity contribution in [3.8, 4) is 34.6 Å². The minimum Gasteiger partial charge on any atom is -0.307 e. The van der Waals surface area contributed by atoms with Gasteiger partial charge in [-0.25, -0.2) is 0 Å². The average molecular weight is 535 g/mol. The molecule has 0 spiro atoms. The van der Waals surface area contributed by atoms with E-state index in [1.165, 1.54) is 0 Å². The molecule has 0 bridgehead atoms. The Labute approximate surface area is 242 Å². The Kier molecular flexibility index (Phi) is 5.22. The lowest BCUT2D eigenvalue weighted by atomic mass is 9.94. The second-order valence-electron chi connectivity index (χ2n) is 10.4. The van der Waals surface area contributed by atoms with Crippen molar-refractivity contribution in [3.63, 3.8) is 0 Å². The van der Waals surface area contributed by atoms with E-state index in [0.717, 1.165) is 60.4 Å². The van der Waals surface area contributed by atoms with Crippen LogP contribution in [-0.2, 0) is 0 Å². The van der Waals surface area contributed by atoms with Crippen LogP contribution in [0.25, 0.3) is 66.1 Å². The van der Waals surface area contributed by atoms with Gasteiger partial charge in [-0.2, -0.15) is 10.5 Å². The zero-order chi connectivity index (χ0) is 28.2. The minimum absolute atomic E-state index is 0.446. The first-order valence-electron chi connectivity index (χ1n) is 13.8. The number of rotatable bonds is 3. The summed E-state index contributed by atoms with van der Waals surface area (Å²) in [7, 11) is 0. The van der Waals surface area contributed by atoms with E-state index < -0.39 is 0 Å². The Morgan fingerprint density at radius 2 is 0.833 bits per heavy atom. The van der Waals surface area contributed by atoms with Gasteiger partial charge in [0.1, 0.15) is 17.7 Å². The SMILES string of the molecule is N#Cc1cc(-c2ccccc2)c(-n2c3ccccc3c3ccccc32)c(C#N)c1-n1c2ccccc2c2ccccc21. The largest absolute Gasteiger partial charge is 0.307 e. The van der Waals surface area contributed by atoms with Crippen molar-refractivity contribution in [2.24, 2.45) is 0 Å². The first-order valence-corrected chi connectivity index (χ1v) is 13.8. The Balaban J connectivity index is 1.63. The van der Waals surface area contributed by atoms with E-state index in [1.54, 1.807) is 0 Å². The van der Waals surface area contributed by atoms with Crippen LogP contribution in [-0.4, -0.2) is 9.13 Å². The highest BCUT2D eigenvalue weighted by atomic mass is 15.0. The van der Waals surface area contributed by atoms with Crippen LogP contribution in [0.1, 0.15) is 11.1 Å². The molecule has 194 valence electrons. The Morgan fingerprint density at radius 1 is 0.429 bits per heavy atom. The van der Waals surface area contributed by atoms with Gasteiger partial charge < -0.3 is 9.13 Å². The number of nitrogens with zero attached hydrogens (tertiary/aromatic N) is 4. The number of benzene rings is 6. The summed E-state index contributed by atoms with van der Waals surface area (Å²) >= 11 is 0. The topological polar surface area (TPSA) is 57.4 Å². The van der Waals surface area contributed by atoms with Gasteiger partial charge in [0.05, 0.1) is 39.0 Å². The minimum atomic E-state index is 0.446. The molecule has 0 radical (unpaired) electrons. The molecule has 0 fully saturated rings. The molecule has 8 aromatic rings. The Hall–Kier alpha value is -6.10. The molecule has 0 saturated heterocycles. The van der Waals surface area contributed by atoms with Crippen LogP contribution >= 0.6 is 0 Å². The molecule has 0 aliphatic carbocycles. The smallest absolute Gasteiger partial charge is 0.104 e. The molecule has 6 aromatic carbocycles. The van der Waals surface area contributed by atoms with Crippen LogP contribution < -0.4 is 0 Å². The molecular formula is C38H22N4. The van der Waals surface area contributed by atoms with Gasteiger partial charge >= 0.3 is 0 Å². The van der Waals surface area contributed by atoms with Gasteiger partial charge in [0.15, 0.2) is 0 Å². The van der Waals surface area contributed by atoms with Crippen LogP contribution in [0.2, 0.25) is 0 Å². The van der Waals surface area contributed by atoms with Crippen LogP contribution in [0, 0.1) is 22.7 Å². The summed E-state index contributed by atoms with van der Waals surface area (Å²) in [5.41, 5.74) is 7.93. The first kappa shape index (κ1) is 23.8. The molecule has 4 heteroatoms. The van der Waals surface area contributed by atoms with Crippen molar-refractivity contribution in [3.05, 3.63) is 145 Å². The molecule has 4 nitrogen and oxygen atoms in total. The fraction of sp³-hybridized carbons (Fsp3) is 0. The summed E-state index contributed by atoms with van der Waals surface area (Å²) in [6.45, 7) is 0. The van der Waals surface area contributed by atoms with Crippen molar-refractivity contribution >= 4 is 43.6 Å². The van der Waals surface area contributed by atoms with E-state index in [1.807, 2.05) is 84.9 Å². The standard InChI is InChI=1S/C38H22N4/c39-23-26-22-31(25-12-2-1-3-13-25)38(42-35-20-10-6-16-29(35)30-17-7-11-21-36(30)42)32(24-40)37(26)41-33-18-8-4-14-27(33)28-15-5-9-19-34(28)41/h1-22H. The lowest BCUT2D eigenvalue weighted by molar-refractivity contribution is 1.11. The van der Waals surface area contributed by atoms with Gasteiger partial charge in [0.25, 0.3) is 0 Å². The van der Waals surface area contributed by atoms with Gasteiger partial charge in [-0.3, -0.25) is 0 Å². The summed E-state index contributed by atoms with van der Waals surface area (Å²) in [4.78, 5) is 0. The van der Waals surface area contributed by atoms with Crippen molar-refractivity contribution in [2.75, 3.05) is 0 Å². The number of hydrogen-bond acceptors (Lipinski definition) is 2. The van der Waals surface area contributed by atoms with E-state index in [9.17, 15) is 10.5 Å². The Bertz CT molecular complexity index is 2320. The maximum Gasteiger partial charge on any atom is 0.104 e. The molecule has 8 rings (SSSR count). The van der Waals surface area contributed by atoms with Crippen LogP contribution in [0.15, 0.2) is 133 Å². The summed E-state index contributed by atoms with van der Waals surface area (Å²) in [5.74, 6) is 0. The highest BCUT2D eigenvalue weighted by Crippen LogP contribution is 2.43. The van der Waals surface area contributed by atoms with Gasteiger partial charge in [0.2, 0.25) is 0 Å². The van der Waals surface area contributed by atoms with Crippen molar-refractivity contribution < 1.29 is 0 Å². The number of para-hydroxylation sites is 4. The average Bonchev–Trinajstić information content (AvgIpc) is 3.57. The summed E-state index contributed by atoms with van der Waals surface area (Å²) in [5, 5.41) is 26.1. The van der Waals surface area contributed by atoms with E-state index in [4.69, 9.17) is 0 Å². The summed E-state index contributed by atoms with van der Waals surface area (Å²) in [6, 6.07) is 50.0. The Morgan fingerprint density at radius 3 is 1.26 bits per heavy atom. The van der Waals surface area contributed by atoms with Gasteiger partial charge in [0, 0.05) is 27.1 Å². The number of aromatic nitrogens is 2. The number of fused-ring (bicyclic) bond motifs is 6. The third-order valence-electron chi connectivity index (χ3n) is 8.20. The van der Waals surface area contributed by atoms with E-state index in [-0.39, 0.29) is 0 Å². The predicted molar refractivity (Wildman–Crippen MR) is 170 cm³/mol. The lowest BCUT2D eigenvalue weighted by Crippen LogP contribution is -2.08. The molecule has 42 heavy (non-hydrogen) atoms. The van der Waals surface area contributed by atoms with Gasteiger partial charge in [-0.15, -0.1) is 0 Å². The molecule has 0 N–H and O–H groups in total. The zero-order valence-corrected chi connectivity index (χ0v) is 22.5. The molecule has 0 aliphatic rings. The van der Waals surface area contributed by atoms with E-state index in [0.29, 0.717) is 16.8 Å². The van der Waals surface area contributed by atoms with Crippen LogP contribution in [0.4, 0.5) is 0 Å². The number of hydrogen-bond donors (Lipinski definition) is 0. The van der Waals surface area contributed by atoms with E-state index >= 15 is 0 Å². The van der Waals surface area contributed by atoms with Crippen molar-refractivity contribution in [2.45, 2.75) is 0 Å². The molecule has 2 aromatic heterocycles. The van der Waals surface area contributed by atoms with Crippen LogP contribution in [0.5, 0.6) is 0 Å².